The average molecular weight is 316 g/mol. The van der Waals surface area contributed by atoms with Crippen molar-refractivity contribution in [1.82, 2.24) is 4.90 Å². The molecule has 0 N–H and O–H groups in total. The molecule has 1 fully saturated rings. The van der Waals surface area contributed by atoms with Gasteiger partial charge in [-0.15, -0.1) is 0 Å². The fourth-order valence-electron chi connectivity index (χ4n) is 2.00. The Morgan fingerprint density at radius 1 is 1.50 bits per heavy atom. The molecule has 2 atom stereocenters. The Hall–Kier alpha value is -0.940. The van der Waals surface area contributed by atoms with Crippen molar-refractivity contribution in [3.05, 3.63) is 34.1 Å². The molecule has 1 saturated heterocycles. The zero-order valence-electron chi connectivity index (χ0n) is 10.3. The van der Waals surface area contributed by atoms with Gasteiger partial charge in [0.25, 0.3) is 5.91 Å². The highest BCUT2D eigenvalue weighted by Crippen LogP contribution is 2.22. The van der Waals surface area contributed by atoms with Crippen LogP contribution in [0.3, 0.4) is 0 Å². The van der Waals surface area contributed by atoms with Crippen molar-refractivity contribution in [3.8, 4) is 0 Å². The van der Waals surface area contributed by atoms with E-state index in [4.69, 9.17) is 4.74 Å². The highest BCUT2D eigenvalue weighted by atomic mass is 79.9. The normalized spacial score (nSPS) is 24.1. The summed E-state index contributed by atoms with van der Waals surface area (Å²) in [4.78, 5) is 14.1. The number of carbonyl (C=O) groups excluding carboxylic acids is 1. The van der Waals surface area contributed by atoms with E-state index < -0.39 is 5.82 Å². The Bertz CT molecular complexity index is 466. The first-order valence-corrected chi connectivity index (χ1v) is 6.66. The second kappa shape index (κ2) is 5.36. The van der Waals surface area contributed by atoms with E-state index in [-0.39, 0.29) is 18.1 Å². The number of amides is 1. The number of ether oxygens (including phenoxy) is 1. The molecule has 0 spiro atoms. The molecule has 1 aromatic rings. The van der Waals surface area contributed by atoms with Crippen molar-refractivity contribution in [1.29, 1.82) is 0 Å². The fourth-order valence-corrected chi connectivity index (χ4v) is 2.42. The second-order valence-corrected chi connectivity index (χ2v) is 5.43. The van der Waals surface area contributed by atoms with Gasteiger partial charge in [-0.25, -0.2) is 4.39 Å². The van der Waals surface area contributed by atoms with Crippen LogP contribution < -0.4 is 0 Å². The van der Waals surface area contributed by atoms with Gasteiger partial charge in [0, 0.05) is 11.0 Å². The Kier molecular flexibility index (Phi) is 4.02. The van der Waals surface area contributed by atoms with Gasteiger partial charge in [0.1, 0.15) is 5.82 Å². The summed E-state index contributed by atoms with van der Waals surface area (Å²) in [6.45, 7) is 4.90. The summed E-state index contributed by atoms with van der Waals surface area (Å²) in [6.07, 6.45) is 0.0116. The molecular weight excluding hydrogens is 301 g/mol. The molecule has 0 saturated carbocycles. The summed E-state index contributed by atoms with van der Waals surface area (Å²) in [5.74, 6) is -0.570. The van der Waals surface area contributed by atoms with Gasteiger partial charge in [-0.1, -0.05) is 0 Å². The van der Waals surface area contributed by atoms with Crippen LogP contribution in [-0.2, 0) is 4.74 Å². The summed E-state index contributed by atoms with van der Waals surface area (Å²) >= 11 is 3.29. The lowest BCUT2D eigenvalue weighted by atomic mass is 10.1. The number of halogens is 2. The van der Waals surface area contributed by atoms with Gasteiger partial charge in [0.05, 0.1) is 24.3 Å². The number of hydrogen-bond donors (Lipinski definition) is 0. The van der Waals surface area contributed by atoms with Crippen LogP contribution in [0.1, 0.15) is 24.2 Å². The van der Waals surface area contributed by atoms with Crippen LogP contribution in [0.15, 0.2) is 22.7 Å². The second-order valence-electron chi connectivity index (χ2n) is 4.57. The minimum Gasteiger partial charge on any atom is -0.375 e. The molecule has 2 unspecified atom stereocenters. The van der Waals surface area contributed by atoms with Crippen LogP contribution >= 0.6 is 15.9 Å². The van der Waals surface area contributed by atoms with E-state index in [1.807, 2.05) is 13.8 Å². The smallest absolute Gasteiger partial charge is 0.255 e. The van der Waals surface area contributed by atoms with Gasteiger partial charge >= 0.3 is 0 Å². The van der Waals surface area contributed by atoms with Gasteiger partial charge < -0.3 is 9.64 Å². The van der Waals surface area contributed by atoms with Crippen molar-refractivity contribution in [2.45, 2.75) is 26.0 Å². The van der Waals surface area contributed by atoms with Gasteiger partial charge in [0.15, 0.2) is 0 Å². The molecule has 0 aliphatic carbocycles. The maximum Gasteiger partial charge on any atom is 0.255 e. The van der Waals surface area contributed by atoms with E-state index in [9.17, 15) is 9.18 Å². The standard InChI is InChI=1S/C13H15BrFNO2/c1-8-7-18-9(2)6-16(8)13(17)11-5-10(15)3-4-12(11)14/h3-5,8-9H,6-7H2,1-2H3. The lowest BCUT2D eigenvalue weighted by Gasteiger charge is -2.37. The minimum atomic E-state index is -0.407. The Balaban J connectivity index is 2.27. The van der Waals surface area contributed by atoms with Crippen molar-refractivity contribution < 1.29 is 13.9 Å². The van der Waals surface area contributed by atoms with E-state index in [0.29, 0.717) is 23.2 Å². The van der Waals surface area contributed by atoms with E-state index in [1.165, 1.54) is 12.1 Å². The molecule has 3 nitrogen and oxygen atoms in total. The third-order valence-corrected chi connectivity index (χ3v) is 3.72. The molecule has 1 aromatic carbocycles. The predicted molar refractivity (Wildman–Crippen MR) is 70.0 cm³/mol. The van der Waals surface area contributed by atoms with E-state index in [2.05, 4.69) is 15.9 Å². The monoisotopic (exact) mass is 315 g/mol. The van der Waals surface area contributed by atoms with Crippen LogP contribution in [0, 0.1) is 5.82 Å². The number of morpholine rings is 1. The Morgan fingerprint density at radius 3 is 2.94 bits per heavy atom. The summed E-state index contributed by atoms with van der Waals surface area (Å²) in [6, 6.07) is 4.15. The zero-order valence-corrected chi connectivity index (χ0v) is 11.9. The van der Waals surface area contributed by atoms with Gasteiger partial charge in [-0.3, -0.25) is 4.79 Å². The highest BCUT2D eigenvalue weighted by Gasteiger charge is 2.29. The molecule has 0 aromatic heterocycles. The van der Waals surface area contributed by atoms with Crippen molar-refractivity contribution in [3.63, 3.8) is 0 Å². The lowest BCUT2D eigenvalue weighted by Crippen LogP contribution is -2.50. The number of carbonyl (C=O) groups is 1. The molecule has 1 aliphatic rings. The predicted octanol–water partition coefficient (Wildman–Crippen LogP) is 2.84. The molecule has 98 valence electrons. The number of nitrogens with zero attached hydrogens (tertiary/aromatic N) is 1. The average Bonchev–Trinajstić information content (AvgIpc) is 2.34. The molecule has 5 heteroatoms. The number of hydrogen-bond acceptors (Lipinski definition) is 2. The first-order valence-electron chi connectivity index (χ1n) is 5.86. The van der Waals surface area contributed by atoms with Crippen LogP contribution in [-0.4, -0.2) is 36.1 Å². The molecule has 1 aliphatic heterocycles. The Labute approximate surface area is 114 Å². The molecule has 2 rings (SSSR count). The minimum absolute atomic E-state index is 0.00358. The van der Waals surface area contributed by atoms with Crippen molar-refractivity contribution in [2.24, 2.45) is 0 Å². The van der Waals surface area contributed by atoms with Crippen LogP contribution in [0.2, 0.25) is 0 Å². The maximum absolute atomic E-state index is 13.2. The summed E-state index contributed by atoms with van der Waals surface area (Å²) in [5.41, 5.74) is 0.357. The molecule has 1 heterocycles. The van der Waals surface area contributed by atoms with E-state index in [1.54, 1.807) is 11.0 Å². The lowest BCUT2D eigenvalue weighted by molar-refractivity contribution is -0.0387. The third-order valence-electron chi connectivity index (χ3n) is 3.03. The van der Waals surface area contributed by atoms with Crippen LogP contribution in [0.25, 0.3) is 0 Å². The molecule has 0 bridgehead atoms. The van der Waals surface area contributed by atoms with Crippen molar-refractivity contribution in [2.75, 3.05) is 13.2 Å². The number of benzene rings is 1. The highest BCUT2D eigenvalue weighted by molar-refractivity contribution is 9.10. The fraction of sp³-hybridized carbons (Fsp3) is 0.462. The third kappa shape index (κ3) is 2.72. The van der Waals surface area contributed by atoms with E-state index >= 15 is 0 Å². The maximum atomic E-state index is 13.2. The van der Waals surface area contributed by atoms with Crippen molar-refractivity contribution >= 4 is 21.8 Å². The van der Waals surface area contributed by atoms with Gasteiger partial charge in [0.2, 0.25) is 0 Å². The Morgan fingerprint density at radius 2 is 2.22 bits per heavy atom. The van der Waals surface area contributed by atoms with Gasteiger partial charge in [-0.05, 0) is 48.0 Å². The molecule has 18 heavy (non-hydrogen) atoms. The van der Waals surface area contributed by atoms with E-state index in [0.717, 1.165) is 0 Å². The largest absolute Gasteiger partial charge is 0.375 e. The van der Waals surface area contributed by atoms with Crippen LogP contribution in [0.4, 0.5) is 4.39 Å². The summed E-state index contributed by atoms with van der Waals surface area (Å²) < 4.78 is 19.3. The number of rotatable bonds is 1. The molecule has 1 amide bonds. The summed E-state index contributed by atoms with van der Waals surface area (Å²) in [5, 5.41) is 0. The molecule has 0 radical (unpaired) electrons. The van der Waals surface area contributed by atoms with Gasteiger partial charge in [-0.2, -0.15) is 0 Å². The quantitative estimate of drug-likeness (QED) is 0.797. The zero-order chi connectivity index (χ0) is 13.3. The summed E-state index contributed by atoms with van der Waals surface area (Å²) in [7, 11) is 0. The first-order chi connectivity index (χ1) is 8.49. The van der Waals surface area contributed by atoms with Crippen LogP contribution in [0.5, 0.6) is 0 Å². The topological polar surface area (TPSA) is 29.5 Å². The SMILES string of the molecule is CC1CN(C(=O)c2cc(F)ccc2Br)C(C)CO1. The molecular formula is C13H15BrFNO2. The first kappa shape index (κ1) is 13.5.